The van der Waals surface area contributed by atoms with Gasteiger partial charge in [0.1, 0.15) is 7.85 Å². The maximum absolute atomic E-state index is 13.4. The number of carbonyl (C=O) groups is 2. The van der Waals surface area contributed by atoms with E-state index in [-0.39, 0.29) is 23.3 Å². The van der Waals surface area contributed by atoms with Crippen LogP contribution in [0.2, 0.25) is 0 Å². The van der Waals surface area contributed by atoms with Crippen molar-refractivity contribution in [3.8, 4) is 11.1 Å². The molecule has 2 radical (unpaired) electrons. The number of rotatable bonds is 6. The standard InChI is InChI=1S/C30H28BN3O3/c1-29(31,23-12-10-20(11-13-23)19-6-3-2-4-7-19)34-26-21(18-32-34)8-5-9-25(26)27(35)33-24-16-30(17-24)14-22(15-30)28(36)37/h2-13,18,22,24H,14-17H2,1H3,(H,33,35)(H,36,37). The fraction of sp³-hybridized carbons (Fsp3) is 0.300. The topological polar surface area (TPSA) is 84.2 Å². The van der Waals surface area contributed by atoms with Crippen molar-refractivity contribution in [1.29, 1.82) is 0 Å². The van der Waals surface area contributed by atoms with E-state index in [9.17, 15) is 14.7 Å². The van der Waals surface area contributed by atoms with Crippen molar-refractivity contribution >= 4 is 30.6 Å². The third-order valence-electron chi connectivity index (χ3n) is 8.25. The zero-order valence-electron chi connectivity index (χ0n) is 20.7. The molecule has 1 atom stereocenters. The van der Waals surface area contributed by atoms with Crippen LogP contribution in [0.4, 0.5) is 0 Å². The van der Waals surface area contributed by atoms with Gasteiger partial charge in [-0.2, -0.15) is 5.10 Å². The molecule has 3 aromatic carbocycles. The first kappa shape index (κ1) is 23.5. The maximum atomic E-state index is 13.4. The molecular formula is C30H28BN3O3. The molecule has 0 bridgehead atoms. The summed E-state index contributed by atoms with van der Waals surface area (Å²) in [6, 6.07) is 24.0. The number of carbonyl (C=O) groups excluding carboxylic acids is 1. The minimum Gasteiger partial charge on any atom is -0.481 e. The number of carboxylic acid groups (broad SMARTS) is 1. The summed E-state index contributed by atoms with van der Waals surface area (Å²) in [5, 5.41) is 17.8. The van der Waals surface area contributed by atoms with Crippen LogP contribution in [0.5, 0.6) is 0 Å². The Kier molecular flexibility index (Phi) is 5.48. The average Bonchev–Trinajstić information content (AvgIpc) is 3.30. The molecular weight excluding hydrogens is 461 g/mol. The lowest BCUT2D eigenvalue weighted by atomic mass is 9.50. The van der Waals surface area contributed by atoms with E-state index in [4.69, 9.17) is 7.85 Å². The van der Waals surface area contributed by atoms with Crippen molar-refractivity contribution in [2.24, 2.45) is 11.3 Å². The molecule has 2 saturated carbocycles. The van der Waals surface area contributed by atoms with Gasteiger partial charge in [0.25, 0.3) is 5.91 Å². The Morgan fingerprint density at radius 2 is 1.65 bits per heavy atom. The van der Waals surface area contributed by atoms with Crippen LogP contribution in [0.25, 0.3) is 22.0 Å². The zero-order chi connectivity index (χ0) is 25.8. The van der Waals surface area contributed by atoms with Crippen molar-refractivity contribution < 1.29 is 14.7 Å². The first-order chi connectivity index (χ1) is 17.8. The predicted molar refractivity (Wildman–Crippen MR) is 143 cm³/mol. The van der Waals surface area contributed by atoms with Crippen LogP contribution in [0.1, 0.15) is 48.5 Å². The fourth-order valence-corrected chi connectivity index (χ4v) is 6.21. The number of amides is 1. The van der Waals surface area contributed by atoms with Gasteiger partial charge in [0.15, 0.2) is 0 Å². The minimum atomic E-state index is -0.981. The van der Waals surface area contributed by atoms with E-state index in [1.807, 2.05) is 55.5 Å². The molecule has 2 N–H and O–H groups in total. The molecule has 2 fully saturated rings. The van der Waals surface area contributed by atoms with E-state index in [2.05, 4.69) is 34.7 Å². The number of aromatic nitrogens is 2. The van der Waals surface area contributed by atoms with Crippen molar-refractivity contribution in [1.82, 2.24) is 15.1 Å². The molecule has 37 heavy (non-hydrogen) atoms. The van der Waals surface area contributed by atoms with Gasteiger partial charge < -0.3 is 10.4 Å². The van der Waals surface area contributed by atoms with Crippen LogP contribution in [-0.2, 0) is 10.2 Å². The molecule has 0 aliphatic heterocycles. The number of aliphatic carboxylic acids is 1. The number of nitrogens with one attached hydrogen (secondary N) is 1. The Hall–Kier alpha value is -3.87. The molecule has 7 heteroatoms. The smallest absolute Gasteiger partial charge is 0.306 e. The Morgan fingerprint density at radius 1 is 0.973 bits per heavy atom. The predicted octanol–water partition coefficient (Wildman–Crippen LogP) is 4.97. The summed E-state index contributed by atoms with van der Waals surface area (Å²) in [5.74, 6) is -1.10. The van der Waals surface area contributed by atoms with Crippen molar-refractivity contribution in [2.75, 3.05) is 0 Å². The lowest BCUT2D eigenvalue weighted by Gasteiger charge is -2.56. The molecule has 1 heterocycles. The quantitative estimate of drug-likeness (QED) is 0.375. The highest BCUT2D eigenvalue weighted by Gasteiger charge is 2.55. The van der Waals surface area contributed by atoms with Gasteiger partial charge in [0.05, 0.1) is 23.2 Å². The van der Waals surface area contributed by atoms with Crippen molar-refractivity contribution in [3.05, 3.63) is 90.1 Å². The largest absolute Gasteiger partial charge is 0.481 e. The third kappa shape index (κ3) is 4.03. The molecule has 6 nitrogen and oxygen atoms in total. The Balaban J connectivity index is 1.24. The van der Waals surface area contributed by atoms with E-state index < -0.39 is 11.4 Å². The molecule has 4 aromatic rings. The van der Waals surface area contributed by atoms with Gasteiger partial charge in [-0.1, -0.05) is 66.7 Å². The van der Waals surface area contributed by atoms with Crippen molar-refractivity contribution in [2.45, 2.75) is 44.1 Å². The number of hydrogen-bond donors (Lipinski definition) is 2. The van der Waals surface area contributed by atoms with Gasteiger partial charge in [-0.15, -0.1) is 0 Å². The number of nitrogens with zero attached hydrogens (tertiary/aromatic N) is 2. The Bertz CT molecular complexity index is 1480. The van der Waals surface area contributed by atoms with E-state index in [0.29, 0.717) is 23.9 Å². The van der Waals surface area contributed by atoms with Crippen LogP contribution in [0.3, 0.4) is 0 Å². The first-order valence-electron chi connectivity index (χ1n) is 12.7. The number of fused-ring (bicyclic) bond motifs is 1. The van der Waals surface area contributed by atoms with Crippen LogP contribution in [-0.4, -0.2) is 40.7 Å². The van der Waals surface area contributed by atoms with Crippen LogP contribution in [0.15, 0.2) is 79.0 Å². The number of para-hydroxylation sites is 1. The number of carboxylic acids is 1. The molecule has 1 amide bonds. The van der Waals surface area contributed by atoms with Gasteiger partial charge in [-0.05, 0) is 60.8 Å². The summed E-state index contributed by atoms with van der Waals surface area (Å²) in [6.07, 6.45) is 4.84. The molecule has 0 saturated heterocycles. The summed E-state index contributed by atoms with van der Waals surface area (Å²) in [5.41, 5.74) is 3.46. The van der Waals surface area contributed by atoms with Gasteiger partial charge in [-0.25, -0.2) is 0 Å². The lowest BCUT2D eigenvalue weighted by molar-refractivity contribution is -0.155. The number of benzene rings is 3. The zero-order valence-corrected chi connectivity index (χ0v) is 20.7. The molecule has 1 aromatic heterocycles. The highest BCUT2D eigenvalue weighted by molar-refractivity contribution is 6.16. The van der Waals surface area contributed by atoms with E-state index >= 15 is 0 Å². The molecule has 6 rings (SSSR count). The second-order valence-corrected chi connectivity index (χ2v) is 10.9. The normalized spacial score (nSPS) is 24.1. The van der Waals surface area contributed by atoms with Crippen molar-refractivity contribution in [3.63, 3.8) is 0 Å². The third-order valence-corrected chi connectivity index (χ3v) is 8.25. The summed E-state index contributed by atoms with van der Waals surface area (Å²) in [7, 11) is 6.89. The molecule has 2 aliphatic rings. The highest BCUT2D eigenvalue weighted by Crippen LogP contribution is 2.58. The summed E-state index contributed by atoms with van der Waals surface area (Å²) in [6.45, 7) is 1.90. The summed E-state index contributed by atoms with van der Waals surface area (Å²) < 4.78 is 1.74. The summed E-state index contributed by atoms with van der Waals surface area (Å²) >= 11 is 0. The monoisotopic (exact) mass is 489 g/mol. The van der Waals surface area contributed by atoms with Gasteiger partial charge in [-0.3, -0.25) is 14.3 Å². The second-order valence-electron chi connectivity index (χ2n) is 10.9. The highest BCUT2D eigenvalue weighted by atomic mass is 16.4. The van der Waals surface area contributed by atoms with Crippen LogP contribution >= 0.6 is 0 Å². The van der Waals surface area contributed by atoms with Crippen LogP contribution < -0.4 is 5.32 Å². The lowest BCUT2D eigenvalue weighted by Crippen LogP contribution is -2.57. The Morgan fingerprint density at radius 3 is 2.32 bits per heavy atom. The molecule has 184 valence electrons. The Labute approximate surface area is 217 Å². The average molecular weight is 489 g/mol. The molecule has 1 unspecified atom stereocenters. The minimum absolute atomic E-state index is 0.0589. The SMILES string of the molecule is [B]C(C)(c1ccc(-c2ccccc2)cc1)n1ncc2cccc(C(=O)NC3CC4(C3)CC(C(=O)O)C4)c21. The van der Waals surface area contributed by atoms with E-state index in [1.165, 1.54) is 0 Å². The van der Waals surface area contributed by atoms with Gasteiger partial charge >= 0.3 is 5.97 Å². The van der Waals surface area contributed by atoms with E-state index in [0.717, 1.165) is 34.9 Å². The number of hydrogen-bond acceptors (Lipinski definition) is 3. The van der Waals surface area contributed by atoms with Crippen LogP contribution in [0, 0.1) is 11.3 Å². The van der Waals surface area contributed by atoms with Gasteiger partial charge in [0.2, 0.25) is 0 Å². The van der Waals surface area contributed by atoms with E-state index in [1.54, 1.807) is 10.9 Å². The fourth-order valence-electron chi connectivity index (χ4n) is 6.21. The molecule has 2 aliphatic carbocycles. The molecule has 1 spiro atoms. The first-order valence-corrected chi connectivity index (χ1v) is 12.7. The maximum Gasteiger partial charge on any atom is 0.306 e. The van der Waals surface area contributed by atoms with Gasteiger partial charge in [0, 0.05) is 16.9 Å². The second kappa shape index (κ2) is 8.61. The summed E-state index contributed by atoms with van der Waals surface area (Å²) in [4.78, 5) is 24.5.